The SMILES string of the molecule is COc1cccc(COc2nc(N3CCN(C)CC3C)ncc2Sc2ccc(C(N)=O)cc2)c1. The maximum absolute atomic E-state index is 11.4. The maximum atomic E-state index is 11.4. The van der Waals surface area contributed by atoms with Crippen LogP contribution in [0.3, 0.4) is 0 Å². The lowest BCUT2D eigenvalue weighted by atomic mass is 10.2. The highest BCUT2D eigenvalue weighted by Gasteiger charge is 2.25. The number of aromatic nitrogens is 2. The average Bonchev–Trinajstić information content (AvgIpc) is 2.84. The highest BCUT2D eigenvalue weighted by atomic mass is 32.2. The molecule has 1 aliphatic rings. The molecule has 9 heteroatoms. The van der Waals surface area contributed by atoms with Gasteiger partial charge in [-0.2, -0.15) is 4.98 Å². The minimum atomic E-state index is -0.451. The van der Waals surface area contributed by atoms with Gasteiger partial charge in [0, 0.05) is 36.1 Å². The molecule has 1 aromatic heterocycles. The van der Waals surface area contributed by atoms with Crippen LogP contribution in [0.15, 0.2) is 64.5 Å². The Morgan fingerprint density at radius 3 is 2.71 bits per heavy atom. The molecule has 1 amide bonds. The number of ether oxygens (including phenoxy) is 2. The number of likely N-dealkylation sites (N-methyl/N-ethyl adjacent to an activating group) is 1. The molecule has 1 saturated heterocycles. The van der Waals surface area contributed by atoms with E-state index < -0.39 is 5.91 Å². The summed E-state index contributed by atoms with van der Waals surface area (Å²) in [5, 5.41) is 0. The number of nitrogens with zero attached hydrogens (tertiary/aromatic N) is 4. The third-order valence-electron chi connectivity index (χ3n) is 5.67. The van der Waals surface area contributed by atoms with E-state index in [1.54, 1.807) is 25.4 Å². The Hall–Kier alpha value is -3.30. The second-order valence-corrected chi connectivity index (χ2v) is 9.39. The third kappa shape index (κ3) is 5.78. The number of rotatable bonds is 8. The van der Waals surface area contributed by atoms with Crippen molar-refractivity contribution in [3.63, 3.8) is 0 Å². The molecule has 8 nitrogen and oxygen atoms in total. The predicted octanol–water partition coefficient (Wildman–Crippen LogP) is 3.45. The van der Waals surface area contributed by atoms with Gasteiger partial charge in [-0.05, 0) is 55.9 Å². The fourth-order valence-corrected chi connectivity index (χ4v) is 4.65. The van der Waals surface area contributed by atoms with E-state index in [2.05, 4.69) is 28.8 Å². The van der Waals surface area contributed by atoms with E-state index in [0.29, 0.717) is 30.0 Å². The largest absolute Gasteiger partial charge is 0.497 e. The summed E-state index contributed by atoms with van der Waals surface area (Å²) < 4.78 is 11.5. The van der Waals surface area contributed by atoms with Crippen molar-refractivity contribution in [3.05, 3.63) is 65.9 Å². The van der Waals surface area contributed by atoms with Crippen LogP contribution >= 0.6 is 11.8 Å². The summed E-state index contributed by atoms with van der Waals surface area (Å²) in [6, 6.07) is 15.2. The van der Waals surface area contributed by atoms with E-state index >= 15 is 0 Å². The molecule has 178 valence electrons. The molecular formula is C25H29N5O3S. The van der Waals surface area contributed by atoms with Gasteiger partial charge in [-0.25, -0.2) is 4.98 Å². The van der Waals surface area contributed by atoms with Gasteiger partial charge in [0.15, 0.2) is 0 Å². The number of nitrogens with two attached hydrogens (primary N) is 1. The Bertz CT molecular complexity index is 1140. The Labute approximate surface area is 204 Å². The number of piperazine rings is 1. The Balaban J connectivity index is 1.60. The van der Waals surface area contributed by atoms with Gasteiger partial charge >= 0.3 is 0 Å². The molecule has 0 bridgehead atoms. The molecule has 2 aromatic carbocycles. The molecule has 1 aliphatic heterocycles. The molecule has 0 saturated carbocycles. The lowest BCUT2D eigenvalue weighted by Gasteiger charge is -2.38. The van der Waals surface area contributed by atoms with Crippen molar-refractivity contribution in [1.82, 2.24) is 14.9 Å². The van der Waals surface area contributed by atoms with Crippen LogP contribution in [0.2, 0.25) is 0 Å². The first kappa shape index (κ1) is 23.8. The van der Waals surface area contributed by atoms with Gasteiger partial charge in [0.25, 0.3) is 0 Å². The summed E-state index contributed by atoms with van der Waals surface area (Å²) in [6.45, 7) is 5.29. The molecule has 1 atom stereocenters. The van der Waals surface area contributed by atoms with Gasteiger partial charge < -0.3 is 25.0 Å². The third-order valence-corrected chi connectivity index (χ3v) is 6.68. The summed E-state index contributed by atoms with van der Waals surface area (Å²) >= 11 is 1.48. The zero-order valence-electron chi connectivity index (χ0n) is 19.6. The van der Waals surface area contributed by atoms with Crippen LogP contribution < -0.4 is 20.1 Å². The molecule has 4 rings (SSSR count). The lowest BCUT2D eigenvalue weighted by molar-refractivity contribution is 0.1000. The number of hydrogen-bond donors (Lipinski definition) is 1. The van der Waals surface area contributed by atoms with Crippen LogP contribution in [0.1, 0.15) is 22.8 Å². The zero-order chi connectivity index (χ0) is 24.1. The summed E-state index contributed by atoms with van der Waals surface area (Å²) in [5.74, 6) is 1.50. The first-order valence-electron chi connectivity index (χ1n) is 11.1. The molecular weight excluding hydrogens is 450 g/mol. The van der Waals surface area contributed by atoms with Crippen molar-refractivity contribution in [1.29, 1.82) is 0 Å². The van der Waals surface area contributed by atoms with Gasteiger partial charge in [0.05, 0.1) is 18.2 Å². The molecule has 34 heavy (non-hydrogen) atoms. The molecule has 2 N–H and O–H groups in total. The number of benzene rings is 2. The molecule has 2 heterocycles. The quantitative estimate of drug-likeness (QED) is 0.525. The number of carbonyl (C=O) groups excluding carboxylic acids is 1. The van der Waals surface area contributed by atoms with E-state index in [-0.39, 0.29) is 0 Å². The Kier molecular flexibility index (Phi) is 7.54. The van der Waals surface area contributed by atoms with E-state index in [1.165, 1.54) is 11.8 Å². The maximum Gasteiger partial charge on any atom is 0.248 e. The standard InChI is InChI=1S/C25H29N5O3S/c1-17-15-29(2)11-12-30(17)25-27-14-22(34-21-9-7-19(8-10-21)23(26)31)24(28-25)33-16-18-5-4-6-20(13-18)32-3/h4-10,13-14,17H,11-12,15-16H2,1-3H3,(H2,26,31). The second kappa shape index (κ2) is 10.8. The summed E-state index contributed by atoms with van der Waals surface area (Å²) in [5.41, 5.74) is 6.81. The lowest BCUT2D eigenvalue weighted by Crippen LogP contribution is -2.51. The van der Waals surface area contributed by atoms with Crippen LogP contribution in [0, 0.1) is 0 Å². The smallest absolute Gasteiger partial charge is 0.248 e. The Morgan fingerprint density at radius 2 is 2.00 bits per heavy atom. The molecule has 0 radical (unpaired) electrons. The monoisotopic (exact) mass is 479 g/mol. The van der Waals surface area contributed by atoms with E-state index in [1.807, 2.05) is 36.4 Å². The van der Waals surface area contributed by atoms with Crippen LogP contribution in [0.5, 0.6) is 11.6 Å². The van der Waals surface area contributed by atoms with E-state index in [4.69, 9.17) is 20.2 Å². The van der Waals surface area contributed by atoms with Crippen molar-refractivity contribution >= 4 is 23.6 Å². The van der Waals surface area contributed by atoms with Gasteiger partial charge in [-0.1, -0.05) is 23.9 Å². The van der Waals surface area contributed by atoms with Gasteiger partial charge in [0.1, 0.15) is 12.4 Å². The first-order chi connectivity index (χ1) is 16.4. The van der Waals surface area contributed by atoms with Crippen LogP contribution in [0.25, 0.3) is 0 Å². The van der Waals surface area contributed by atoms with Crippen molar-refractivity contribution in [2.24, 2.45) is 5.73 Å². The predicted molar refractivity (Wildman–Crippen MR) is 133 cm³/mol. The van der Waals surface area contributed by atoms with Crippen molar-refractivity contribution < 1.29 is 14.3 Å². The first-order valence-corrected chi connectivity index (χ1v) is 11.9. The number of methoxy groups -OCH3 is 1. The zero-order valence-corrected chi connectivity index (χ0v) is 20.4. The van der Waals surface area contributed by atoms with E-state index in [9.17, 15) is 4.79 Å². The molecule has 0 spiro atoms. The molecule has 3 aromatic rings. The van der Waals surface area contributed by atoms with Gasteiger partial charge in [-0.3, -0.25) is 4.79 Å². The van der Waals surface area contributed by atoms with E-state index in [0.717, 1.165) is 40.7 Å². The fraction of sp³-hybridized carbons (Fsp3) is 0.320. The number of hydrogen-bond acceptors (Lipinski definition) is 8. The minimum Gasteiger partial charge on any atom is -0.497 e. The molecule has 1 fully saturated rings. The highest BCUT2D eigenvalue weighted by Crippen LogP contribution is 2.35. The number of amides is 1. The normalized spacial score (nSPS) is 16.3. The minimum absolute atomic E-state index is 0.296. The van der Waals surface area contributed by atoms with Crippen LogP contribution in [0.4, 0.5) is 5.95 Å². The van der Waals surface area contributed by atoms with Crippen molar-refractivity contribution in [2.75, 3.05) is 38.7 Å². The highest BCUT2D eigenvalue weighted by molar-refractivity contribution is 7.99. The summed E-state index contributed by atoms with van der Waals surface area (Å²) in [7, 11) is 3.77. The van der Waals surface area contributed by atoms with Crippen LogP contribution in [-0.2, 0) is 6.61 Å². The van der Waals surface area contributed by atoms with Crippen molar-refractivity contribution in [3.8, 4) is 11.6 Å². The van der Waals surface area contributed by atoms with Crippen LogP contribution in [-0.4, -0.2) is 60.6 Å². The van der Waals surface area contributed by atoms with Gasteiger partial charge in [0.2, 0.25) is 17.7 Å². The topological polar surface area (TPSA) is 93.8 Å². The van der Waals surface area contributed by atoms with Gasteiger partial charge in [-0.15, -0.1) is 0 Å². The second-order valence-electron chi connectivity index (χ2n) is 8.27. The van der Waals surface area contributed by atoms with Crippen molar-refractivity contribution in [2.45, 2.75) is 29.4 Å². The number of primary amides is 1. The molecule has 1 unspecified atom stereocenters. The number of carbonyl (C=O) groups is 1. The fourth-order valence-electron chi connectivity index (χ4n) is 3.82. The summed E-state index contributed by atoms with van der Waals surface area (Å²) in [6.07, 6.45) is 1.81. The average molecular weight is 480 g/mol. The Morgan fingerprint density at radius 1 is 1.21 bits per heavy atom. The summed E-state index contributed by atoms with van der Waals surface area (Å²) in [4.78, 5) is 27.1. The number of anilines is 1. The molecule has 0 aliphatic carbocycles.